The molecule has 0 radical (unpaired) electrons. The predicted molar refractivity (Wildman–Crippen MR) is 56.4 cm³/mol. The molecule has 0 aliphatic heterocycles. The Bertz CT molecular complexity index is 252. The van der Waals surface area contributed by atoms with Gasteiger partial charge >= 0.3 is 0 Å². The SMILES string of the molecule is COCCNc1cccc(CCl)c1. The fourth-order valence-electron chi connectivity index (χ4n) is 1.06. The second-order valence-corrected chi connectivity index (χ2v) is 3.02. The van der Waals surface area contributed by atoms with Crippen molar-refractivity contribution < 1.29 is 4.74 Å². The summed E-state index contributed by atoms with van der Waals surface area (Å²) in [6, 6.07) is 8.07. The Hall–Kier alpha value is -0.730. The van der Waals surface area contributed by atoms with Crippen LogP contribution >= 0.6 is 11.6 Å². The van der Waals surface area contributed by atoms with E-state index in [1.54, 1.807) is 7.11 Å². The molecule has 72 valence electrons. The number of hydrogen-bond acceptors (Lipinski definition) is 2. The summed E-state index contributed by atoms with van der Waals surface area (Å²) in [7, 11) is 1.69. The highest BCUT2D eigenvalue weighted by Gasteiger charge is 1.93. The Morgan fingerprint density at radius 3 is 3.00 bits per heavy atom. The molecule has 0 aliphatic carbocycles. The van der Waals surface area contributed by atoms with Crippen molar-refractivity contribution in [2.24, 2.45) is 0 Å². The molecule has 3 heteroatoms. The van der Waals surface area contributed by atoms with E-state index >= 15 is 0 Å². The minimum Gasteiger partial charge on any atom is -0.383 e. The summed E-state index contributed by atoms with van der Waals surface area (Å²) in [6.07, 6.45) is 0. The second kappa shape index (κ2) is 5.84. The molecule has 1 aromatic rings. The Morgan fingerprint density at radius 2 is 2.31 bits per heavy atom. The van der Waals surface area contributed by atoms with E-state index in [4.69, 9.17) is 16.3 Å². The van der Waals surface area contributed by atoms with Crippen molar-refractivity contribution in [2.75, 3.05) is 25.6 Å². The zero-order valence-electron chi connectivity index (χ0n) is 7.72. The third-order valence-corrected chi connectivity index (χ3v) is 2.03. The monoisotopic (exact) mass is 199 g/mol. The fraction of sp³-hybridized carbons (Fsp3) is 0.400. The molecule has 0 fully saturated rings. The Balaban J connectivity index is 2.46. The summed E-state index contributed by atoms with van der Waals surface area (Å²) >= 11 is 5.71. The van der Waals surface area contributed by atoms with Crippen LogP contribution in [-0.4, -0.2) is 20.3 Å². The van der Waals surface area contributed by atoms with Crippen molar-refractivity contribution in [1.29, 1.82) is 0 Å². The summed E-state index contributed by atoms with van der Waals surface area (Å²) in [5.74, 6) is 0.555. The van der Waals surface area contributed by atoms with Gasteiger partial charge in [0.2, 0.25) is 0 Å². The van der Waals surface area contributed by atoms with Crippen LogP contribution in [0.15, 0.2) is 24.3 Å². The molecule has 1 N–H and O–H groups in total. The maximum Gasteiger partial charge on any atom is 0.0635 e. The molecule has 0 saturated carbocycles. The van der Waals surface area contributed by atoms with E-state index < -0.39 is 0 Å². The zero-order chi connectivity index (χ0) is 9.52. The third-order valence-electron chi connectivity index (χ3n) is 1.72. The van der Waals surface area contributed by atoms with Crippen molar-refractivity contribution in [2.45, 2.75) is 5.88 Å². The van der Waals surface area contributed by atoms with Gasteiger partial charge in [0.05, 0.1) is 6.61 Å². The highest BCUT2D eigenvalue weighted by molar-refractivity contribution is 6.17. The van der Waals surface area contributed by atoms with Gasteiger partial charge in [-0.1, -0.05) is 12.1 Å². The Kier molecular flexibility index (Phi) is 4.65. The molecule has 1 aromatic carbocycles. The van der Waals surface area contributed by atoms with Gasteiger partial charge in [-0.05, 0) is 17.7 Å². The molecule has 0 aliphatic rings. The number of methoxy groups -OCH3 is 1. The number of hydrogen-bond donors (Lipinski definition) is 1. The maximum atomic E-state index is 5.71. The van der Waals surface area contributed by atoms with Crippen molar-refractivity contribution in [3.8, 4) is 0 Å². The van der Waals surface area contributed by atoms with Crippen LogP contribution in [0.1, 0.15) is 5.56 Å². The van der Waals surface area contributed by atoms with E-state index in [9.17, 15) is 0 Å². The lowest BCUT2D eigenvalue weighted by atomic mass is 10.2. The average molecular weight is 200 g/mol. The number of alkyl halides is 1. The first-order chi connectivity index (χ1) is 6.36. The zero-order valence-corrected chi connectivity index (χ0v) is 8.47. The van der Waals surface area contributed by atoms with Gasteiger partial charge in [-0.3, -0.25) is 0 Å². The van der Waals surface area contributed by atoms with Gasteiger partial charge in [0, 0.05) is 25.2 Å². The summed E-state index contributed by atoms with van der Waals surface area (Å²) < 4.78 is 4.93. The normalized spacial score (nSPS) is 10.0. The summed E-state index contributed by atoms with van der Waals surface area (Å²) in [5, 5.41) is 3.24. The molecule has 0 bridgehead atoms. The van der Waals surface area contributed by atoms with E-state index in [1.807, 2.05) is 24.3 Å². The van der Waals surface area contributed by atoms with Gasteiger partial charge in [0.1, 0.15) is 0 Å². The highest BCUT2D eigenvalue weighted by Crippen LogP contribution is 2.11. The molecular formula is C10H14ClNO. The topological polar surface area (TPSA) is 21.3 Å². The average Bonchev–Trinajstić information content (AvgIpc) is 2.19. The smallest absolute Gasteiger partial charge is 0.0635 e. The van der Waals surface area contributed by atoms with Gasteiger partial charge < -0.3 is 10.1 Å². The van der Waals surface area contributed by atoms with Crippen LogP contribution in [0.3, 0.4) is 0 Å². The van der Waals surface area contributed by atoms with Crippen molar-refractivity contribution in [1.82, 2.24) is 0 Å². The minimum absolute atomic E-state index is 0.555. The van der Waals surface area contributed by atoms with Crippen molar-refractivity contribution >= 4 is 17.3 Å². The van der Waals surface area contributed by atoms with Crippen LogP contribution < -0.4 is 5.32 Å². The largest absolute Gasteiger partial charge is 0.383 e. The van der Waals surface area contributed by atoms with Crippen molar-refractivity contribution in [3.63, 3.8) is 0 Å². The van der Waals surface area contributed by atoms with E-state index in [0.29, 0.717) is 12.5 Å². The van der Waals surface area contributed by atoms with Crippen LogP contribution in [0, 0.1) is 0 Å². The van der Waals surface area contributed by atoms with Crippen LogP contribution in [0.5, 0.6) is 0 Å². The first kappa shape index (κ1) is 10.4. The molecule has 0 spiro atoms. The molecule has 0 atom stereocenters. The quantitative estimate of drug-likeness (QED) is 0.581. The second-order valence-electron chi connectivity index (χ2n) is 2.75. The van der Waals surface area contributed by atoms with E-state index in [1.165, 1.54) is 0 Å². The first-order valence-corrected chi connectivity index (χ1v) is 4.78. The first-order valence-electron chi connectivity index (χ1n) is 4.24. The summed E-state index contributed by atoms with van der Waals surface area (Å²) in [4.78, 5) is 0. The Morgan fingerprint density at radius 1 is 1.46 bits per heavy atom. The highest BCUT2D eigenvalue weighted by atomic mass is 35.5. The van der Waals surface area contributed by atoms with Gasteiger partial charge in [0.25, 0.3) is 0 Å². The van der Waals surface area contributed by atoms with Gasteiger partial charge in [0.15, 0.2) is 0 Å². The summed E-state index contributed by atoms with van der Waals surface area (Å²) in [5.41, 5.74) is 2.22. The predicted octanol–water partition coefficient (Wildman–Crippen LogP) is 2.48. The maximum absolute atomic E-state index is 5.71. The molecule has 0 amide bonds. The molecule has 1 rings (SSSR count). The fourth-order valence-corrected chi connectivity index (χ4v) is 1.23. The van der Waals surface area contributed by atoms with Gasteiger partial charge in [-0.2, -0.15) is 0 Å². The third kappa shape index (κ3) is 3.66. The minimum atomic E-state index is 0.555. The molecule has 2 nitrogen and oxygen atoms in total. The lowest BCUT2D eigenvalue weighted by Crippen LogP contribution is -2.07. The molecule has 0 unspecified atom stereocenters. The molecule has 0 aromatic heterocycles. The van der Waals surface area contributed by atoms with Crippen LogP contribution in [0.25, 0.3) is 0 Å². The van der Waals surface area contributed by atoms with Gasteiger partial charge in [-0.25, -0.2) is 0 Å². The Labute approximate surface area is 83.9 Å². The number of nitrogens with one attached hydrogen (secondary N) is 1. The van der Waals surface area contributed by atoms with Gasteiger partial charge in [-0.15, -0.1) is 11.6 Å². The van der Waals surface area contributed by atoms with Crippen LogP contribution in [0.2, 0.25) is 0 Å². The van der Waals surface area contributed by atoms with Crippen LogP contribution in [-0.2, 0) is 10.6 Å². The van der Waals surface area contributed by atoms with E-state index in [-0.39, 0.29) is 0 Å². The van der Waals surface area contributed by atoms with Crippen LogP contribution in [0.4, 0.5) is 5.69 Å². The molecule has 0 heterocycles. The molecule has 13 heavy (non-hydrogen) atoms. The number of anilines is 1. The number of benzene rings is 1. The number of rotatable bonds is 5. The number of halogens is 1. The van der Waals surface area contributed by atoms with E-state index in [2.05, 4.69) is 5.32 Å². The summed E-state index contributed by atoms with van der Waals surface area (Å²) in [6.45, 7) is 1.54. The lowest BCUT2D eigenvalue weighted by molar-refractivity contribution is 0.211. The molecule has 0 saturated heterocycles. The van der Waals surface area contributed by atoms with Crippen molar-refractivity contribution in [3.05, 3.63) is 29.8 Å². The number of ether oxygens (including phenoxy) is 1. The lowest BCUT2D eigenvalue weighted by Gasteiger charge is -2.06. The standard InChI is InChI=1S/C10H14ClNO/c1-13-6-5-12-10-4-2-3-9(7-10)8-11/h2-4,7,12H,5-6,8H2,1H3. The van der Waals surface area contributed by atoms with E-state index in [0.717, 1.165) is 17.8 Å². The molecular weight excluding hydrogens is 186 g/mol.